The number of alkyl carbamates (subject to hydrolysis) is 1. The van der Waals surface area contributed by atoms with Crippen molar-refractivity contribution in [3.63, 3.8) is 0 Å². The average Bonchev–Trinajstić information content (AvgIpc) is 2.51. The van der Waals surface area contributed by atoms with Gasteiger partial charge in [0.25, 0.3) is 5.69 Å². The van der Waals surface area contributed by atoms with Gasteiger partial charge in [0, 0.05) is 31.3 Å². The molecule has 1 atom stereocenters. The smallest absolute Gasteiger partial charge is 0.406 e. The van der Waals surface area contributed by atoms with Crippen molar-refractivity contribution in [2.24, 2.45) is 0 Å². The molecule has 2 N–H and O–H groups in total. The topological polar surface area (TPSA) is 93.5 Å². The summed E-state index contributed by atoms with van der Waals surface area (Å²) in [6, 6.07) is 6.41. The van der Waals surface area contributed by atoms with E-state index in [1.807, 2.05) is 6.92 Å². The summed E-state index contributed by atoms with van der Waals surface area (Å²) >= 11 is 0. The van der Waals surface area contributed by atoms with E-state index in [0.717, 1.165) is 5.56 Å². The molecule has 0 saturated heterocycles. The highest BCUT2D eigenvalue weighted by atomic mass is 16.6. The molecule has 0 fully saturated rings. The van der Waals surface area contributed by atoms with Crippen molar-refractivity contribution >= 4 is 11.8 Å². The van der Waals surface area contributed by atoms with Gasteiger partial charge in [0.15, 0.2) is 0 Å². The average molecular weight is 311 g/mol. The van der Waals surface area contributed by atoms with E-state index >= 15 is 0 Å². The predicted molar refractivity (Wildman–Crippen MR) is 85.9 cm³/mol. The summed E-state index contributed by atoms with van der Waals surface area (Å²) in [5.74, 6) is 0. The van der Waals surface area contributed by atoms with Gasteiger partial charge >= 0.3 is 6.09 Å². The maximum absolute atomic E-state index is 10.8. The van der Waals surface area contributed by atoms with Gasteiger partial charge in [0.2, 0.25) is 0 Å². The molecule has 0 aliphatic rings. The number of ether oxygens (including phenoxy) is 1. The Balaban J connectivity index is 0.00000135. The first kappa shape index (κ1) is 19.9. The summed E-state index contributed by atoms with van der Waals surface area (Å²) in [6.07, 6.45) is 0.782. The van der Waals surface area contributed by atoms with Crippen LogP contribution in [-0.4, -0.2) is 31.2 Å². The molecule has 22 heavy (non-hydrogen) atoms. The number of hydrogen-bond acceptors (Lipinski definition) is 5. The number of nitrogens with zero attached hydrogens (tertiary/aromatic N) is 1. The van der Waals surface area contributed by atoms with Gasteiger partial charge in [-0.25, -0.2) is 4.79 Å². The van der Waals surface area contributed by atoms with E-state index in [1.165, 1.54) is 25.7 Å². The van der Waals surface area contributed by atoms with Gasteiger partial charge in [-0.1, -0.05) is 32.4 Å². The number of nitrogens with one attached hydrogen (secondary N) is 2. The number of nitro benzene ring substituents is 1. The molecule has 0 aliphatic carbocycles. The third-order valence-corrected chi connectivity index (χ3v) is 2.63. The number of benzene rings is 1. The number of hydrogen-bond donors (Lipinski definition) is 2. The van der Waals surface area contributed by atoms with Crippen LogP contribution in [0.2, 0.25) is 0 Å². The van der Waals surface area contributed by atoms with E-state index in [9.17, 15) is 14.9 Å². The molecule has 0 heterocycles. The van der Waals surface area contributed by atoms with Crippen LogP contribution >= 0.6 is 0 Å². The molecule has 7 nitrogen and oxygen atoms in total. The fourth-order valence-electron chi connectivity index (χ4n) is 1.53. The summed E-state index contributed by atoms with van der Waals surface area (Å²) in [4.78, 5) is 20.9. The first-order chi connectivity index (χ1) is 10.5. The lowest BCUT2D eigenvalue weighted by atomic mass is 10.1. The number of methoxy groups -OCH3 is 1. The number of amides is 1. The number of carbonyl (C=O) groups excluding carboxylic acids is 1. The van der Waals surface area contributed by atoms with Crippen LogP contribution in [0.5, 0.6) is 0 Å². The van der Waals surface area contributed by atoms with Gasteiger partial charge in [0.1, 0.15) is 0 Å². The minimum atomic E-state index is -0.468. The summed E-state index contributed by atoms with van der Waals surface area (Å²) < 4.78 is 4.44. The Bertz CT molecular complexity index is 449. The Morgan fingerprint density at radius 2 is 1.82 bits per heavy atom. The predicted octanol–water partition coefficient (Wildman–Crippen LogP) is 3.02. The van der Waals surface area contributed by atoms with Crippen LogP contribution < -0.4 is 10.6 Å². The van der Waals surface area contributed by atoms with Crippen LogP contribution in [0.25, 0.3) is 0 Å². The van der Waals surface area contributed by atoms with Gasteiger partial charge in [-0.2, -0.15) is 0 Å². The van der Waals surface area contributed by atoms with Crippen molar-refractivity contribution in [1.82, 2.24) is 10.6 Å². The molecule has 7 heteroatoms. The summed E-state index contributed by atoms with van der Waals surface area (Å²) in [5, 5.41) is 16.3. The lowest BCUT2D eigenvalue weighted by Gasteiger charge is -2.14. The largest absolute Gasteiger partial charge is 0.453 e. The number of nitro groups is 1. The van der Waals surface area contributed by atoms with Crippen LogP contribution in [-0.2, 0) is 4.74 Å². The zero-order valence-electron chi connectivity index (χ0n) is 13.6. The van der Waals surface area contributed by atoms with Crippen LogP contribution in [0.1, 0.15) is 38.8 Å². The maximum Gasteiger partial charge on any atom is 0.406 e. The Morgan fingerprint density at radius 1 is 1.27 bits per heavy atom. The van der Waals surface area contributed by atoms with Gasteiger partial charge < -0.3 is 15.4 Å². The lowest BCUT2D eigenvalue weighted by molar-refractivity contribution is -0.384. The fourth-order valence-corrected chi connectivity index (χ4v) is 1.53. The Morgan fingerprint density at radius 3 is 2.27 bits per heavy atom. The molecule has 1 amide bonds. The second kappa shape index (κ2) is 11.5. The zero-order valence-corrected chi connectivity index (χ0v) is 13.6. The maximum atomic E-state index is 10.8. The first-order valence-corrected chi connectivity index (χ1v) is 7.25. The summed E-state index contributed by atoms with van der Waals surface area (Å²) in [6.45, 7) is 7.22. The van der Waals surface area contributed by atoms with E-state index in [-0.39, 0.29) is 11.7 Å². The lowest BCUT2D eigenvalue weighted by Crippen LogP contribution is -2.32. The number of carbonyl (C=O) groups is 1. The minimum absolute atomic E-state index is 0.0419. The SMILES string of the molecule is CCC.COC(=O)NCCNC(C)c1ccc([N+](=O)[O-])cc1. The molecular weight excluding hydrogens is 286 g/mol. The monoisotopic (exact) mass is 311 g/mol. The van der Waals surface area contributed by atoms with Crippen LogP contribution in [0.4, 0.5) is 10.5 Å². The van der Waals surface area contributed by atoms with Gasteiger partial charge in [-0.3, -0.25) is 10.1 Å². The standard InChI is InChI=1S/C12H17N3O4.C3H8/c1-9(13-7-8-14-12(16)19-2)10-3-5-11(6-4-10)15(17)18;1-3-2/h3-6,9,13H,7-8H2,1-2H3,(H,14,16);3H2,1-2H3. The van der Waals surface area contributed by atoms with Crippen molar-refractivity contribution in [2.75, 3.05) is 20.2 Å². The van der Waals surface area contributed by atoms with E-state index in [1.54, 1.807) is 12.1 Å². The summed E-state index contributed by atoms with van der Waals surface area (Å²) in [7, 11) is 1.31. The third-order valence-electron chi connectivity index (χ3n) is 2.63. The van der Waals surface area contributed by atoms with E-state index in [0.29, 0.717) is 13.1 Å². The molecule has 1 aromatic rings. The van der Waals surface area contributed by atoms with E-state index in [2.05, 4.69) is 29.2 Å². The van der Waals surface area contributed by atoms with Crippen molar-refractivity contribution < 1.29 is 14.5 Å². The second-order valence-corrected chi connectivity index (χ2v) is 4.65. The molecule has 0 spiro atoms. The Kier molecular flexibility index (Phi) is 10.4. The molecule has 0 saturated carbocycles. The van der Waals surface area contributed by atoms with E-state index in [4.69, 9.17) is 0 Å². The molecule has 0 aliphatic heterocycles. The minimum Gasteiger partial charge on any atom is -0.453 e. The molecule has 1 aromatic carbocycles. The number of non-ortho nitro benzene ring substituents is 1. The van der Waals surface area contributed by atoms with Crippen molar-refractivity contribution in [3.8, 4) is 0 Å². The molecule has 0 radical (unpaired) electrons. The quantitative estimate of drug-likeness (QED) is 0.478. The molecule has 1 rings (SSSR count). The molecule has 0 bridgehead atoms. The zero-order chi connectivity index (χ0) is 17.0. The van der Waals surface area contributed by atoms with Crippen LogP contribution in [0.15, 0.2) is 24.3 Å². The highest BCUT2D eigenvalue weighted by molar-refractivity contribution is 5.66. The van der Waals surface area contributed by atoms with Crippen LogP contribution in [0.3, 0.4) is 0 Å². The molecule has 124 valence electrons. The molecule has 1 unspecified atom stereocenters. The highest BCUT2D eigenvalue weighted by Gasteiger charge is 2.08. The van der Waals surface area contributed by atoms with Crippen molar-refractivity contribution in [1.29, 1.82) is 0 Å². The summed E-state index contributed by atoms with van der Waals surface area (Å²) in [5.41, 5.74) is 1.02. The fraction of sp³-hybridized carbons (Fsp3) is 0.533. The Labute approximate surface area is 131 Å². The Hall–Kier alpha value is -2.15. The molecule has 0 aromatic heterocycles. The van der Waals surface area contributed by atoms with Gasteiger partial charge in [-0.05, 0) is 12.5 Å². The van der Waals surface area contributed by atoms with Crippen LogP contribution in [0, 0.1) is 10.1 Å². The van der Waals surface area contributed by atoms with Crippen molar-refractivity contribution in [3.05, 3.63) is 39.9 Å². The highest BCUT2D eigenvalue weighted by Crippen LogP contribution is 2.17. The van der Waals surface area contributed by atoms with E-state index < -0.39 is 11.0 Å². The second-order valence-electron chi connectivity index (χ2n) is 4.65. The molecular formula is C15H25N3O4. The third kappa shape index (κ3) is 8.21. The van der Waals surface area contributed by atoms with Gasteiger partial charge in [0.05, 0.1) is 12.0 Å². The van der Waals surface area contributed by atoms with Crippen molar-refractivity contribution in [2.45, 2.75) is 33.2 Å². The normalized spacial score (nSPS) is 10.9. The number of rotatable bonds is 6. The van der Waals surface area contributed by atoms with Gasteiger partial charge in [-0.15, -0.1) is 0 Å². The first-order valence-electron chi connectivity index (χ1n) is 7.25.